The molecular formula is C47H69N3O11. The third-order valence-corrected chi connectivity index (χ3v) is 13.3. The van der Waals surface area contributed by atoms with Crippen LogP contribution in [-0.4, -0.2) is 107 Å². The Morgan fingerprint density at radius 1 is 0.984 bits per heavy atom. The number of amides is 2. The fourth-order valence-corrected chi connectivity index (χ4v) is 10.2. The average molecular weight is 852 g/mol. The maximum absolute atomic E-state index is 14.9. The Morgan fingerprint density at radius 3 is 2.43 bits per heavy atom. The van der Waals surface area contributed by atoms with Crippen LogP contribution in [0, 0.1) is 11.3 Å². The highest BCUT2D eigenvalue weighted by Gasteiger charge is 2.76. The zero-order valence-electron chi connectivity index (χ0n) is 36.9. The Bertz CT molecular complexity index is 1740. The molecule has 2 saturated carbocycles. The lowest BCUT2D eigenvalue weighted by Gasteiger charge is -2.48. The zero-order valence-corrected chi connectivity index (χ0v) is 36.9. The van der Waals surface area contributed by atoms with Gasteiger partial charge in [-0.15, -0.1) is 0 Å². The predicted octanol–water partition coefficient (Wildman–Crippen LogP) is 5.81. The van der Waals surface area contributed by atoms with Gasteiger partial charge < -0.3 is 39.4 Å². The summed E-state index contributed by atoms with van der Waals surface area (Å²) in [6, 6.07) is 6.30. The molecule has 0 spiro atoms. The molecular weight excluding hydrogens is 783 g/mol. The van der Waals surface area contributed by atoms with Crippen LogP contribution in [0.2, 0.25) is 0 Å². The molecule has 14 nitrogen and oxygen atoms in total. The Balaban J connectivity index is 1.10. The second kappa shape index (κ2) is 19.6. The standard InChI is InChI=1S/C47H69N3O11/c1-6-8-12-23-46(24-13-9-7-2)59-39-36-27-47(44(55)48-25-22-37(52)49-33(29-51)19-21-38(53)58-45(3,4)5)41(43(54)57-36)50(61-42(47)40(39)60-46)28-32-15-11-10-14-31(32)18-16-30-17-20-34-35(26-30)56-34/h10-11,14-16,18,30,33-36,39-42,51H,6-9,12-13,17,19-29H2,1-5H3,(H,48,55)(H,49,52)/t30?,33-,34?,35?,36?,39-,40-,41-,42+,47?/m0/s1. The number of ether oxygens (including phenoxy) is 5. The van der Waals surface area contributed by atoms with E-state index >= 15 is 0 Å². The number of fused-ring (bicyclic) bond motifs is 5. The third-order valence-electron chi connectivity index (χ3n) is 13.3. The van der Waals surface area contributed by atoms with Gasteiger partial charge in [0.05, 0.1) is 31.4 Å². The molecule has 0 radical (unpaired) electrons. The van der Waals surface area contributed by atoms with Gasteiger partial charge in [-0.1, -0.05) is 75.9 Å². The molecule has 7 rings (SSSR count). The van der Waals surface area contributed by atoms with Crippen LogP contribution in [0.15, 0.2) is 30.3 Å². The number of esters is 2. The normalized spacial score (nSPS) is 31.5. The number of carbonyl (C=O) groups excluding carboxylic acids is 4. The Hall–Kier alpha value is -3.40. The van der Waals surface area contributed by atoms with Crippen molar-refractivity contribution >= 4 is 29.8 Å². The first-order chi connectivity index (χ1) is 29.3. The van der Waals surface area contributed by atoms with E-state index < -0.39 is 77.1 Å². The van der Waals surface area contributed by atoms with Crippen molar-refractivity contribution < 1.29 is 52.8 Å². The number of hydrogen-bond acceptors (Lipinski definition) is 12. The van der Waals surface area contributed by atoms with Crippen molar-refractivity contribution in [1.82, 2.24) is 15.7 Å². The number of hydrogen-bond donors (Lipinski definition) is 3. The molecule has 1 aromatic carbocycles. The number of nitrogens with zero attached hydrogens (tertiary/aromatic N) is 1. The van der Waals surface area contributed by atoms with E-state index in [1.165, 1.54) is 0 Å². The molecule has 1 aromatic rings. The van der Waals surface area contributed by atoms with Gasteiger partial charge in [0.25, 0.3) is 0 Å². The van der Waals surface area contributed by atoms with Crippen molar-refractivity contribution in [1.29, 1.82) is 0 Å². The van der Waals surface area contributed by atoms with Gasteiger partial charge in [-0.05, 0) is 76.3 Å². The number of allylic oxidation sites excluding steroid dienone is 1. The number of benzene rings is 1. The number of aliphatic hydroxyl groups excluding tert-OH is 1. The molecule has 10 atom stereocenters. The molecule has 6 fully saturated rings. The van der Waals surface area contributed by atoms with Crippen LogP contribution in [0.4, 0.5) is 0 Å². The Labute approximate surface area is 361 Å². The van der Waals surface area contributed by atoms with Crippen molar-refractivity contribution in [3.63, 3.8) is 0 Å². The summed E-state index contributed by atoms with van der Waals surface area (Å²) in [5.74, 6) is -2.23. The van der Waals surface area contributed by atoms with Crippen molar-refractivity contribution in [3.8, 4) is 0 Å². The second-order valence-corrected chi connectivity index (χ2v) is 19.1. The van der Waals surface area contributed by atoms with Crippen LogP contribution in [0.1, 0.15) is 142 Å². The summed E-state index contributed by atoms with van der Waals surface area (Å²) in [5.41, 5.74) is -0.0884. The van der Waals surface area contributed by atoms with Gasteiger partial charge >= 0.3 is 11.9 Å². The van der Waals surface area contributed by atoms with Crippen LogP contribution in [0.3, 0.4) is 0 Å². The quantitative estimate of drug-likeness (QED) is 0.0771. The topological polar surface area (TPSA) is 174 Å². The van der Waals surface area contributed by atoms with Crippen LogP contribution in [0.25, 0.3) is 6.08 Å². The van der Waals surface area contributed by atoms with E-state index in [1.54, 1.807) is 25.8 Å². The Kier molecular flexibility index (Phi) is 14.6. The number of epoxide rings is 1. The summed E-state index contributed by atoms with van der Waals surface area (Å²) >= 11 is 0. The molecule has 14 heteroatoms. The minimum atomic E-state index is -1.39. The lowest BCUT2D eigenvalue weighted by Crippen LogP contribution is -2.69. The summed E-state index contributed by atoms with van der Waals surface area (Å²) in [7, 11) is 0. The smallest absolute Gasteiger partial charge is 0.327 e. The fraction of sp³-hybridized carbons (Fsp3) is 0.745. The molecule has 4 heterocycles. The molecule has 61 heavy (non-hydrogen) atoms. The van der Waals surface area contributed by atoms with Gasteiger partial charge in [0.2, 0.25) is 11.8 Å². The molecule has 4 aliphatic heterocycles. The monoisotopic (exact) mass is 851 g/mol. The SMILES string of the molecule is CCCCCC1(CCCCC)O[C@@H]2[C@H]3ON(Cc4ccccc4C=CC4CCC5OC5C4)[C@H]4C(=O)OC(CC34C(=O)NCCC(=O)N[C@H](CO)CCC(=O)OC(C)(C)C)[C@@H]2O1. The van der Waals surface area contributed by atoms with E-state index in [4.69, 9.17) is 28.5 Å². The second-order valence-electron chi connectivity index (χ2n) is 19.1. The van der Waals surface area contributed by atoms with Gasteiger partial charge in [-0.25, -0.2) is 0 Å². The van der Waals surface area contributed by atoms with Gasteiger partial charge in [-0.2, -0.15) is 5.06 Å². The van der Waals surface area contributed by atoms with E-state index in [1.807, 2.05) is 18.2 Å². The Morgan fingerprint density at radius 2 is 1.72 bits per heavy atom. The van der Waals surface area contributed by atoms with Crippen LogP contribution >= 0.6 is 0 Å². The van der Waals surface area contributed by atoms with E-state index in [9.17, 15) is 24.3 Å². The first kappa shape index (κ1) is 45.6. The number of aliphatic hydroxyl groups is 1. The number of rotatable bonds is 21. The van der Waals surface area contributed by atoms with Crippen molar-refractivity contribution in [2.75, 3.05) is 13.2 Å². The predicted molar refractivity (Wildman–Crippen MR) is 225 cm³/mol. The summed E-state index contributed by atoms with van der Waals surface area (Å²) < 4.78 is 31.3. The molecule has 2 aliphatic carbocycles. The molecule has 0 aromatic heterocycles. The molecule has 2 bridgehead atoms. The first-order valence-electron chi connectivity index (χ1n) is 23.1. The number of carbonyl (C=O) groups is 4. The van der Waals surface area contributed by atoms with Crippen LogP contribution < -0.4 is 10.6 Å². The minimum absolute atomic E-state index is 0.0271. The average Bonchev–Trinajstić information content (AvgIpc) is 3.76. The minimum Gasteiger partial charge on any atom is -0.460 e. The molecule has 3 N–H and O–H groups in total. The summed E-state index contributed by atoms with van der Waals surface area (Å²) in [6.07, 6.45) is 13.2. The van der Waals surface area contributed by atoms with E-state index in [0.717, 1.165) is 68.9 Å². The lowest BCUT2D eigenvalue weighted by atomic mass is 9.62. The van der Waals surface area contributed by atoms with Gasteiger partial charge in [0, 0.05) is 38.6 Å². The molecule has 5 unspecified atom stereocenters. The van der Waals surface area contributed by atoms with Gasteiger partial charge in [-0.3, -0.25) is 24.0 Å². The van der Waals surface area contributed by atoms with Crippen LogP contribution in [-0.2, 0) is 54.2 Å². The maximum Gasteiger partial charge on any atom is 0.327 e. The first-order valence-corrected chi connectivity index (χ1v) is 23.1. The highest BCUT2D eigenvalue weighted by Crippen LogP contribution is 2.58. The van der Waals surface area contributed by atoms with E-state index in [-0.39, 0.29) is 45.4 Å². The third kappa shape index (κ3) is 10.5. The maximum atomic E-state index is 14.9. The van der Waals surface area contributed by atoms with Crippen molar-refractivity contribution in [3.05, 3.63) is 41.5 Å². The van der Waals surface area contributed by atoms with Crippen molar-refractivity contribution in [2.24, 2.45) is 11.3 Å². The van der Waals surface area contributed by atoms with Crippen molar-refractivity contribution in [2.45, 2.75) is 198 Å². The zero-order chi connectivity index (χ0) is 43.4. The summed E-state index contributed by atoms with van der Waals surface area (Å²) in [5, 5.41) is 17.3. The molecule has 338 valence electrons. The number of unbranched alkanes of at least 4 members (excludes halogenated alkanes) is 4. The molecule has 4 saturated heterocycles. The fourth-order valence-electron chi connectivity index (χ4n) is 10.2. The van der Waals surface area contributed by atoms with Gasteiger partial charge in [0.1, 0.15) is 35.4 Å². The van der Waals surface area contributed by atoms with E-state index in [0.29, 0.717) is 31.0 Å². The van der Waals surface area contributed by atoms with Gasteiger partial charge in [0.15, 0.2) is 11.8 Å². The number of nitrogens with one attached hydrogen (secondary N) is 2. The molecule has 2 amide bonds. The largest absolute Gasteiger partial charge is 0.460 e. The van der Waals surface area contributed by atoms with E-state index in [2.05, 4.69) is 42.7 Å². The summed E-state index contributed by atoms with van der Waals surface area (Å²) in [6.45, 7) is 9.49. The number of hydroxylamine groups is 2. The highest BCUT2D eigenvalue weighted by molar-refractivity contribution is 5.94. The summed E-state index contributed by atoms with van der Waals surface area (Å²) in [4.78, 5) is 61.5. The highest BCUT2D eigenvalue weighted by atomic mass is 16.8. The van der Waals surface area contributed by atoms with Crippen LogP contribution in [0.5, 0.6) is 0 Å². The lowest BCUT2D eigenvalue weighted by molar-refractivity contribution is -0.224. The molecule has 6 aliphatic rings.